The van der Waals surface area contributed by atoms with Crippen LogP contribution in [0.25, 0.3) is 0 Å². The van der Waals surface area contributed by atoms with Crippen molar-refractivity contribution in [2.75, 3.05) is 5.32 Å². The molecule has 0 unspecified atom stereocenters. The van der Waals surface area contributed by atoms with Gasteiger partial charge in [0.1, 0.15) is 0 Å². The van der Waals surface area contributed by atoms with Gasteiger partial charge in [-0.1, -0.05) is 34.1 Å². The Kier molecular flexibility index (Phi) is 5.17. The van der Waals surface area contributed by atoms with E-state index in [1.807, 2.05) is 24.3 Å². The van der Waals surface area contributed by atoms with Crippen molar-refractivity contribution in [3.63, 3.8) is 0 Å². The standard InChI is InChI=1S/C14H13BrN2O4S/c15-11-4-1-3-10(7-11)9-16-14(18)17-12-5-2-6-13(8-12)22(19,20)21/h1-8H,9H2,(H2,16,17,18)(H,19,20,21). The highest BCUT2D eigenvalue weighted by atomic mass is 79.9. The molecule has 0 aromatic heterocycles. The van der Waals surface area contributed by atoms with Crippen LogP contribution in [-0.4, -0.2) is 19.0 Å². The molecule has 116 valence electrons. The molecule has 2 rings (SSSR count). The molecule has 22 heavy (non-hydrogen) atoms. The van der Waals surface area contributed by atoms with E-state index < -0.39 is 16.1 Å². The first-order valence-corrected chi connectivity index (χ1v) is 8.45. The fraction of sp³-hybridized carbons (Fsp3) is 0.0714. The molecule has 2 aromatic carbocycles. The second kappa shape index (κ2) is 6.91. The number of carbonyl (C=O) groups is 1. The number of urea groups is 1. The van der Waals surface area contributed by atoms with Crippen LogP contribution in [0, 0.1) is 0 Å². The van der Waals surface area contributed by atoms with Crippen molar-refractivity contribution < 1.29 is 17.8 Å². The summed E-state index contributed by atoms with van der Waals surface area (Å²) in [5.74, 6) is 0. The molecular formula is C14H13BrN2O4S. The van der Waals surface area contributed by atoms with Gasteiger partial charge in [-0.05, 0) is 35.9 Å². The molecule has 0 bridgehead atoms. The van der Waals surface area contributed by atoms with Crippen LogP contribution in [0.1, 0.15) is 5.56 Å². The summed E-state index contributed by atoms with van der Waals surface area (Å²) >= 11 is 3.34. The van der Waals surface area contributed by atoms with Crippen molar-refractivity contribution in [1.29, 1.82) is 0 Å². The highest BCUT2D eigenvalue weighted by Crippen LogP contribution is 2.15. The Morgan fingerprint density at radius 3 is 2.55 bits per heavy atom. The molecule has 0 atom stereocenters. The predicted molar refractivity (Wildman–Crippen MR) is 86.3 cm³/mol. The first kappa shape index (κ1) is 16.5. The summed E-state index contributed by atoms with van der Waals surface area (Å²) in [5, 5.41) is 5.15. The molecule has 0 aliphatic rings. The van der Waals surface area contributed by atoms with E-state index in [0.29, 0.717) is 6.54 Å². The summed E-state index contributed by atoms with van der Waals surface area (Å²) < 4.78 is 31.9. The molecule has 0 fully saturated rings. The summed E-state index contributed by atoms with van der Waals surface area (Å²) in [5.41, 5.74) is 1.18. The smallest absolute Gasteiger partial charge is 0.319 e. The number of anilines is 1. The highest BCUT2D eigenvalue weighted by Gasteiger charge is 2.10. The molecule has 0 saturated carbocycles. The van der Waals surface area contributed by atoms with E-state index in [1.54, 1.807) is 0 Å². The summed E-state index contributed by atoms with van der Waals surface area (Å²) in [4.78, 5) is 11.5. The van der Waals surface area contributed by atoms with Crippen LogP contribution in [0.2, 0.25) is 0 Å². The van der Waals surface area contributed by atoms with Crippen LogP contribution in [0.15, 0.2) is 57.9 Å². The van der Waals surface area contributed by atoms with E-state index in [4.69, 9.17) is 4.55 Å². The zero-order valence-corrected chi connectivity index (χ0v) is 13.7. The maximum absolute atomic E-state index is 11.8. The quantitative estimate of drug-likeness (QED) is 0.705. The Bertz CT molecular complexity index is 793. The molecule has 0 heterocycles. The summed E-state index contributed by atoms with van der Waals surface area (Å²) in [6.45, 7) is 0.323. The minimum atomic E-state index is -4.30. The first-order chi connectivity index (χ1) is 10.3. The fourth-order valence-electron chi connectivity index (χ4n) is 1.74. The van der Waals surface area contributed by atoms with Crippen molar-refractivity contribution in [3.05, 3.63) is 58.6 Å². The fourth-order valence-corrected chi connectivity index (χ4v) is 2.71. The third-order valence-electron chi connectivity index (χ3n) is 2.73. The number of halogens is 1. The van der Waals surface area contributed by atoms with E-state index in [-0.39, 0.29) is 10.6 Å². The van der Waals surface area contributed by atoms with Crippen LogP contribution in [0.3, 0.4) is 0 Å². The summed E-state index contributed by atoms with van der Waals surface area (Å²) in [7, 11) is -4.30. The molecule has 2 amide bonds. The Morgan fingerprint density at radius 2 is 1.86 bits per heavy atom. The van der Waals surface area contributed by atoms with Crippen LogP contribution in [-0.2, 0) is 16.7 Å². The molecule has 3 N–H and O–H groups in total. The zero-order valence-electron chi connectivity index (χ0n) is 11.3. The van der Waals surface area contributed by atoms with Gasteiger partial charge in [-0.3, -0.25) is 4.55 Å². The van der Waals surface area contributed by atoms with Crippen LogP contribution < -0.4 is 10.6 Å². The van der Waals surface area contributed by atoms with Gasteiger partial charge in [0.05, 0.1) is 4.90 Å². The van der Waals surface area contributed by atoms with Crippen LogP contribution in [0.5, 0.6) is 0 Å². The molecule has 0 aliphatic heterocycles. The van der Waals surface area contributed by atoms with Crippen molar-refractivity contribution >= 4 is 37.8 Å². The molecule has 0 saturated heterocycles. The monoisotopic (exact) mass is 384 g/mol. The Labute approximate surface area is 136 Å². The Morgan fingerprint density at radius 1 is 1.14 bits per heavy atom. The van der Waals surface area contributed by atoms with Gasteiger partial charge in [0.15, 0.2) is 0 Å². The van der Waals surface area contributed by atoms with E-state index in [2.05, 4.69) is 26.6 Å². The Hall–Kier alpha value is -1.90. The Balaban J connectivity index is 1.98. The van der Waals surface area contributed by atoms with Crippen molar-refractivity contribution in [3.8, 4) is 0 Å². The minimum Gasteiger partial charge on any atom is -0.334 e. The zero-order chi connectivity index (χ0) is 16.2. The number of carbonyl (C=O) groups excluding carboxylic acids is 1. The number of hydrogen-bond donors (Lipinski definition) is 3. The van der Waals surface area contributed by atoms with E-state index >= 15 is 0 Å². The van der Waals surface area contributed by atoms with Gasteiger partial charge < -0.3 is 10.6 Å². The third kappa shape index (κ3) is 4.83. The van der Waals surface area contributed by atoms with Crippen molar-refractivity contribution in [2.45, 2.75) is 11.4 Å². The molecule has 0 spiro atoms. The number of rotatable bonds is 4. The van der Waals surface area contributed by atoms with Gasteiger partial charge in [0.25, 0.3) is 10.1 Å². The lowest BCUT2D eigenvalue weighted by atomic mass is 10.2. The number of nitrogens with one attached hydrogen (secondary N) is 2. The van der Waals surface area contributed by atoms with Gasteiger partial charge in [-0.2, -0.15) is 8.42 Å². The molecule has 8 heteroatoms. The van der Waals surface area contributed by atoms with Crippen molar-refractivity contribution in [1.82, 2.24) is 5.32 Å². The molecule has 0 radical (unpaired) electrons. The van der Waals surface area contributed by atoms with Crippen LogP contribution >= 0.6 is 15.9 Å². The largest absolute Gasteiger partial charge is 0.334 e. The average Bonchev–Trinajstić information content (AvgIpc) is 2.45. The summed E-state index contributed by atoms with van der Waals surface area (Å²) in [6, 6.07) is 12.4. The number of amides is 2. The lowest BCUT2D eigenvalue weighted by molar-refractivity contribution is 0.251. The SMILES string of the molecule is O=C(NCc1cccc(Br)c1)Nc1cccc(S(=O)(=O)O)c1. The molecule has 2 aromatic rings. The molecule has 6 nitrogen and oxygen atoms in total. The van der Waals surface area contributed by atoms with Crippen molar-refractivity contribution in [2.24, 2.45) is 0 Å². The molecular weight excluding hydrogens is 372 g/mol. The van der Waals surface area contributed by atoms with Gasteiger partial charge in [-0.25, -0.2) is 4.79 Å². The van der Waals surface area contributed by atoms with Gasteiger partial charge in [-0.15, -0.1) is 0 Å². The summed E-state index contributed by atoms with van der Waals surface area (Å²) in [6.07, 6.45) is 0. The van der Waals surface area contributed by atoms with Crippen LogP contribution in [0.4, 0.5) is 10.5 Å². The lowest BCUT2D eigenvalue weighted by Crippen LogP contribution is -2.28. The number of benzene rings is 2. The van der Waals surface area contributed by atoms with E-state index in [0.717, 1.165) is 10.0 Å². The second-order valence-corrected chi connectivity index (χ2v) is 6.78. The van der Waals surface area contributed by atoms with Gasteiger partial charge in [0.2, 0.25) is 0 Å². The van der Waals surface area contributed by atoms with Gasteiger partial charge >= 0.3 is 6.03 Å². The normalized spacial score (nSPS) is 11.0. The average molecular weight is 385 g/mol. The third-order valence-corrected chi connectivity index (χ3v) is 4.07. The predicted octanol–water partition coefficient (Wildman–Crippen LogP) is 3.02. The van der Waals surface area contributed by atoms with Gasteiger partial charge in [0, 0.05) is 16.7 Å². The van der Waals surface area contributed by atoms with E-state index in [1.165, 1.54) is 24.3 Å². The topological polar surface area (TPSA) is 95.5 Å². The molecule has 0 aliphatic carbocycles. The lowest BCUT2D eigenvalue weighted by Gasteiger charge is -2.08. The maximum Gasteiger partial charge on any atom is 0.319 e. The number of hydrogen-bond acceptors (Lipinski definition) is 3. The second-order valence-electron chi connectivity index (χ2n) is 4.44. The maximum atomic E-state index is 11.8. The first-order valence-electron chi connectivity index (χ1n) is 6.21. The minimum absolute atomic E-state index is 0.266. The van der Waals surface area contributed by atoms with E-state index in [9.17, 15) is 13.2 Å². The highest BCUT2D eigenvalue weighted by molar-refractivity contribution is 9.10.